The fourth-order valence-corrected chi connectivity index (χ4v) is 5.12. The first-order valence-corrected chi connectivity index (χ1v) is 11.0. The highest BCUT2D eigenvalue weighted by Gasteiger charge is 2.70. The Morgan fingerprint density at radius 1 is 1.21 bits per heavy atom. The molecule has 0 aliphatic heterocycles. The number of benzene rings is 1. The van der Waals surface area contributed by atoms with Gasteiger partial charge in [0.1, 0.15) is 29.2 Å². The Morgan fingerprint density at radius 2 is 1.88 bits per heavy atom. The number of alkyl halides is 3. The van der Waals surface area contributed by atoms with Crippen LogP contribution in [0.2, 0.25) is 0 Å². The van der Waals surface area contributed by atoms with E-state index in [1.54, 1.807) is 13.1 Å². The van der Waals surface area contributed by atoms with Crippen molar-refractivity contribution in [3.05, 3.63) is 64.1 Å². The van der Waals surface area contributed by atoms with Crippen molar-refractivity contribution in [3.63, 3.8) is 0 Å². The second-order valence-corrected chi connectivity index (χ2v) is 10.1. The summed E-state index contributed by atoms with van der Waals surface area (Å²) in [6.45, 7) is 3.43. The van der Waals surface area contributed by atoms with E-state index in [1.807, 2.05) is 0 Å². The smallest absolute Gasteiger partial charge is 0.303 e. The molecule has 0 saturated heterocycles. The van der Waals surface area contributed by atoms with Crippen LogP contribution in [0.25, 0.3) is 10.9 Å². The fraction of sp³-hybridized carbons (Fsp3) is 0.458. The van der Waals surface area contributed by atoms with Crippen molar-refractivity contribution in [1.82, 2.24) is 14.5 Å². The predicted molar refractivity (Wildman–Crippen MR) is 118 cm³/mol. The zero-order chi connectivity index (χ0) is 24.7. The van der Waals surface area contributed by atoms with Gasteiger partial charge in [0.15, 0.2) is 0 Å². The van der Waals surface area contributed by atoms with Crippen LogP contribution in [0.5, 0.6) is 0 Å². The lowest BCUT2D eigenvalue weighted by Gasteiger charge is -2.66. The summed E-state index contributed by atoms with van der Waals surface area (Å²) in [5.74, 6) is -4.67. The molecule has 6 nitrogen and oxygen atoms in total. The number of hydrogen-bond acceptors (Lipinski definition) is 5. The third-order valence-corrected chi connectivity index (χ3v) is 7.07. The molecule has 0 unspecified atom stereocenters. The number of hydrogen-bond donors (Lipinski definition) is 2. The van der Waals surface area contributed by atoms with Crippen LogP contribution < -0.4 is 10.9 Å². The Kier molecular flexibility index (Phi) is 4.69. The predicted octanol–water partition coefficient (Wildman–Crippen LogP) is 4.57. The summed E-state index contributed by atoms with van der Waals surface area (Å²) in [6.07, 6.45) is 3.68. The number of halogens is 4. The van der Waals surface area contributed by atoms with Crippen LogP contribution in [-0.2, 0) is 11.5 Å². The molecule has 0 spiro atoms. The lowest BCUT2D eigenvalue weighted by Crippen LogP contribution is -2.71. The first kappa shape index (κ1) is 22.8. The monoisotopic (exact) mass is 476 g/mol. The Balaban J connectivity index is 1.51. The number of rotatable bonds is 6. The van der Waals surface area contributed by atoms with Gasteiger partial charge in [-0.2, -0.15) is 8.78 Å². The summed E-state index contributed by atoms with van der Waals surface area (Å²) in [4.78, 5) is 21.0. The van der Waals surface area contributed by atoms with Crippen LogP contribution in [-0.4, -0.2) is 30.9 Å². The molecule has 2 N–H and O–H groups in total. The number of pyridine rings is 1. The van der Waals surface area contributed by atoms with Crippen LogP contribution in [0.1, 0.15) is 57.2 Å². The van der Waals surface area contributed by atoms with E-state index in [0.29, 0.717) is 10.9 Å². The summed E-state index contributed by atoms with van der Waals surface area (Å²) >= 11 is 0. The van der Waals surface area contributed by atoms with Gasteiger partial charge >= 0.3 is 5.92 Å². The molecule has 3 aromatic rings. The zero-order valence-electron chi connectivity index (χ0n) is 18.9. The molecule has 3 saturated carbocycles. The molecule has 0 amide bonds. The number of nitrogens with one attached hydrogen (secondary N) is 1. The average molecular weight is 476 g/mol. The van der Waals surface area contributed by atoms with E-state index in [9.17, 15) is 23.1 Å². The molecule has 2 aromatic heterocycles. The van der Waals surface area contributed by atoms with Crippen LogP contribution in [0.3, 0.4) is 0 Å². The molecule has 3 aliphatic rings. The van der Waals surface area contributed by atoms with Gasteiger partial charge < -0.3 is 15.0 Å². The Bertz CT molecular complexity index is 1350. The number of nitrogens with zero attached hydrogens (tertiary/aromatic N) is 3. The molecule has 1 atom stereocenters. The van der Waals surface area contributed by atoms with E-state index in [1.165, 1.54) is 29.1 Å². The summed E-state index contributed by atoms with van der Waals surface area (Å²) in [5.41, 5.74) is -5.08. The maximum Gasteiger partial charge on any atom is 0.303 e. The van der Waals surface area contributed by atoms with Crippen molar-refractivity contribution in [3.8, 4) is 0 Å². The van der Waals surface area contributed by atoms with Crippen molar-refractivity contribution in [2.75, 3.05) is 5.32 Å². The minimum Gasteiger partial charge on any atom is -0.384 e. The van der Waals surface area contributed by atoms with Crippen LogP contribution in [0, 0.1) is 5.82 Å². The minimum absolute atomic E-state index is 0.0414. The molecule has 6 rings (SSSR count). The highest BCUT2D eigenvalue weighted by atomic mass is 19.3. The van der Waals surface area contributed by atoms with Gasteiger partial charge in [0, 0.05) is 37.1 Å². The average Bonchev–Trinajstić information content (AvgIpc) is 2.69. The largest absolute Gasteiger partial charge is 0.384 e. The number of aromatic nitrogens is 3. The Morgan fingerprint density at radius 3 is 2.50 bits per heavy atom. The topological polar surface area (TPSA) is 80.0 Å². The van der Waals surface area contributed by atoms with E-state index >= 15 is 4.39 Å². The second kappa shape index (κ2) is 7.00. The molecule has 34 heavy (non-hydrogen) atoms. The molecule has 3 aliphatic carbocycles. The van der Waals surface area contributed by atoms with Gasteiger partial charge in [0.05, 0.1) is 28.0 Å². The van der Waals surface area contributed by atoms with E-state index in [-0.39, 0.29) is 36.2 Å². The van der Waals surface area contributed by atoms with Crippen LogP contribution in [0.15, 0.2) is 41.6 Å². The van der Waals surface area contributed by atoms with Gasteiger partial charge in [-0.05, 0) is 26.8 Å². The molecule has 1 aromatic carbocycles. The van der Waals surface area contributed by atoms with Gasteiger partial charge in [0.25, 0.3) is 5.56 Å². The third-order valence-electron chi connectivity index (χ3n) is 7.07. The highest BCUT2D eigenvalue weighted by molar-refractivity contribution is 5.88. The first-order chi connectivity index (χ1) is 15.8. The van der Waals surface area contributed by atoms with Crippen molar-refractivity contribution in [2.45, 2.75) is 68.8 Å². The van der Waals surface area contributed by atoms with Crippen molar-refractivity contribution >= 4 is 16.7 Å². The molecular formula is C24H24F4N4O2. The Labute approximate surface area is 192 Å². The maximum atomic E-state index is 15.2. The molecule has 180 valence electrons. The number of fused-ring (bicyclic) bond motifs is 1. The van der Waals surface area contributed by atoms with Crippen LogP contribution >= 0.6 is 0 Å². The van der Waals surface area contributed by atoms with E-state index in [0.717, 1.165) is 19.9 Å². The standard InChI is InChI=1S/C24H24F4N4O2/c1-13(14-5-4-6-16(19(14)25)24(27,28)21(2,3)34)31-20-15-8-32(23-9-22(26,10-23)11-23)18(33)7-17(15)29-12-30-20/h4-8,12-13,34H,9-11H2,1-3H3,(H,29,30,31)/t13-,22?,23?/m1/s1. The van der Waals surface area contributed by atoms with Gasteiger partial charge in [-0.25, -0.2) is 18.7 Å². The fourth-order valence-electron chi connectivity index (χ4n) is 5.12. The zero-order valence-corrected chi connectivity index (χ0v) is 18.9. The van der Waals surface area contributed by atoms with E-state index < -0.39 is 40.2 Å². The molecule has 2 bridgehead atoms. The van der Waals surface area contributed by atoms with Gasteiger partial charge in [-0.3, -0.25) is 4.79 Å². The van der Waals surface area contributed by atoms with Gasteiger partial charge in [-0.1, -0.05) is 12.1 Å². The minimum atomic E-state index is -3.82. The summed E-state index contributed by atoms with van der Waals surface area (Å²) in [5, 5.41) is 13.4. The first-order valence-electron chi connectivity index (χ1n) is 11.0. The highest BCUT2D eigenvalue weighted by Crippen LogP contribution is 2.67. The lowest BCUT2D eigenvalue weighted by molar-refractivity contribution is -0.199. The van der Waals surface area contributed by atoms with Crippen molar-refractivity contribution in [2.24, 2.45) is 0 Å². The molecule has 0 radical (unpaired) electrons. The maximum absolute atomic E-state index is 15.2. The molecule has 2 heterocycles. The quantitative estimate of drug-likeness (QED) is 0.510. The van der Waals surface area contributed by atoms with Gasteiger partial charge in [0.2, 0.25) is 0 Å². The SMILES string of the molecule is C[C@@H](Nc1ncnc2cc(=O)n(C34CC(F)(C3)C4)cc12)c1cccc(C(F)(F)C(C)(C)O)c1F. The second-order valence-electron chi connectivity index (χ2n) is 10.1. The lowest BCUT2D eigenvalue weighted by atomic mass is 9.47. The van der Waals surface area contributed by atoms with E-state index in [4.69, 9.17) is 0 Å². The normalized spacial score (nSPS) is 24.9. The Hall–Kier alpha value is -3.01. The number of aliphatic hydroxyl groups is 1. The van der Waals surface area contributed by atoms with Gasteiger partial charge in [-0.15, -0.1) is 0 Å². The molecular weight excluding hydrogens is 452 g/mol. The summed E-state index contributed by atoms with van der Waals surface area (Å²) < 4.78 is 60.1. The van der Waals surface area contributed by atoms with E-state index in [2.05, 4.69) is 15.3 Å². The van der Waals surface area contributed by atoms with Crippen molar-refractivity contribution in [1.29, 1.82) is 0 Å². The number of anilines is 1. The van der Waals surface area contributed by atoms with Crippen molar-refractivity contribution < 1.29 is 22.7 Å². The third kappa shape index (κ3) is 3.22. The van der Waals surface area contributed by atoms with Crippen LogP contribution in [0.4, 0.5) is 23.4 Å². The summed E-state index contributed by atoms with van der Waals surface area (Å²) in [7, 11) is 0. The molecule has 10 heteroatoms. The molecule has 3 fully saturated rings. The summed E-state index contributed by atoms with van der Waals surface area (Å²) in [6, 6.07) is 4.18.